The quantitative estimate of drug-likeness (QED) is 0.350. The van der Waals surface area contributed by atoms with Gasteiger partial charge in [-0.25, -0.2) is 4.98 Å². The highest BCUT2D eigenvalue weighted by molar-refractivity contribution is 7.99. The van der Waals surface area contributed by atoms with Crippen molar-refractivity contribution in [3.8, 4) is 11.4 Å². The number of benzene rings is 2. The number of fused-ring (bicyclic) bond motifs is 1. The molecule has 0 spiro atoms. The van der Waals surface area contributed by atoms with Gasteiger partial charge in [0, 0.05) is 7.05 Å². The van der Waals surface area contributed by atoms with Crippen molar-refractivity contribution in [2.24, 2.45) is 0 Å². The molecule has 1 unspecified atom stereocenters. The molecule has 0 bridgehead atoms. The lowest BCUT2D eigenvalue weighted by Crippen LogP contribution is -2.31. The lowest BCUT2D eigenvalue weighted by atomic mass is 10.3. The molecule has 2 aromatic carbocycles. The second-order valence-corrected chi connectivity index (χ2v) is 8.91. The predicted octanol–water partition coefficient (Wildman–Crippen LogP) is 4.48. The number of tetrazole rings is 1. The third-order valence-electron chi connectivity index (χ3n) is 4.72. The van der Waals surface area contributed by atoms with Crippen LogP contribution >= 0.6 is 23.1 Å². The number of ether oxygens (including phenoxy) is 1. The van der Waals surface area contributed by atoms with Crippen LogP contribution in [0.3, 0.4) is 0 Å². The van der Waals surface area contributed by atoms with Gasteiger partial charge in [0.1, 0.15) is 10.8 Å². The molecular formula is C20H17F3N6O2S2. The fourth-order valence-corrected chi connectivity index (χ4v) is 4.78. The molecule has 2 heterocycles. The summed E-state index contributed by atoms with van der Waals surface area (Å²) in [6.07, 6.45) is -4.77. The first-order chi connectivity index (χ1) is 15.7. The maximum atomic E-state index is 12.8. The average molecular weight is 495 g/mol. The Balaban J connectivity index is 1.40. The van der Waals surface area contributed by atoms with Crippen LogP contribution in [0.4, 0.5) is 13.2 Å². The van der Waals surface area contributed by atoms with E-state index in [0.717, 1.165) is 39.1 Å². The largest absolute Gasteiger partial charge is 0.573 e. The summed E-state index contributed by atoms with van der Waals surface area (Å²) in [6.45, 7) is 1.91. The number of para-hydroxylation sites is 1. The summed E-state index contributed by atoms with van der Waals surface area (Å²) >= 11 is 2.67. The van der Waals surface area contributed by atoms with E-state index in [1.165, 1.54) is 16.8 Å². The van der Waals surface area contributed by atoms with E-state index in [0.29, 0.717) is 10.8 Å². The van der Waals surface area contributed by atoms with Crippen LogP contribution in [-0.4, -0.2) is 55.2 Å². The first-order valence-corrected chi connectivity index (χ1v) is 11.4. The Hall–Kier alpha value is -3.19. The molecule has 0 aliphatic carbocycles. The Morgan fingerprint density at radius 1 is 1.21 bits per heavy atom. The Bertz CT molecular complexity index is 1230. The van der Waals surface area contributed by atoms with E-state index in [2.05, 4.69) is 25.2 Å². The zero-order valence-corrected chi connectivity index (χ0v) is 19.0. The monoisotopic (exact) mass is 494 g/mol. The predicted molar refractivity (Wildman–Crippen MR) is 117 cm³/mol. The summed E-state index contributed by atoms with van der Waals surface area (Å²) in [4.78, 5) is 19.0. The number of halogens is 3. The van der Waals surface area contributed by atoms with E-state index in [1.807, 2.05) is 31.2 Å². The SMILES string of the molecule is CC(c1nc2ccccc2s1)N(C)C(=O)CSc1nnnn1-c1ccc(OC(F)(F)F)cc1. The van der Waals surface area contributed by atoms with Crippen LogP contribution in [0, 0.1) is 0 Å². The molecule has 4 aromatic rings. The van der Waals surface area contributed by atoms with Gasteiger partial charge in [-0.05, 0) is 53.7 Å². The smallest absolute Gasteiger partial charge is 0.406 e. The number of thiazole rings is 1. The van der Waals surface area contributed by atoms with E-state index >= 15 is 0 Å². The van der Waals surface area contributed by atoms with Crippen molar-refractivity contribution < 1.29 is 22.7 Å². The fourth-order valence-electron chi connectivity index (χ4n) is 2.90. The lowest BCUT2D eigenvalue weighted by molar-refractivity contribution is -0.274. The standard InChI is InChI=1S/C20H17F3N6O2S2/c1-12(18-24-15-5-3-4-6-16(15)33-18)28(2)17(30)11-32-19-25-26-27-29(19)13-7-9-14(10-8-13)31-20(21,22)23/h3-10,12H,11H2,1-2H3. The fraction of sp³-hybridized carbons (Fsp3) is 0.250. The molecule has 2 aromatic heterocycles. The van der Waals surface area contributed by atoms with Crippen molar-refractivity contribution in [3.63, 3.8) is 0 Å². The Morgan fingerprint density at radius 3 is 2.64 bits per heavy atom. The van der Waals surface area contributed by atoms with E-state index in [1.54, 1.807) is 23.3 Å². The van der Waals surface area contributed by atoms with Gasteiger partial charge in [-0.1, -0.05) is 23.9 Å². The molecule has 0 fully saturated rings. The van der Waals surface area contributed by atoms with Gasteiger partial charge in [0.2, 0.25) is 11.1 Å². The third kappa shape index (κ3) is 5.42. The molecule has 8 nitrogen and oxygen atoms in total. The molecule has 13 heteroatoms. The molecule has 0 radical (unpaired) electrons. The van der Waals surface area contributed by atoms with E-state index < -0.39 is 6.36 Å². The number of thioether (sulfide) groups is 1. The van der Waals surface area contributed by atoms with Crippen molar-refractivity contribution in [2.75, 3.05) is 12.8 Å². The maximum Gasteiger partial charge on any atom is 0.573 e. The number of aromatic nitrogens is 5. The van der Waals surface area contributed by atoms with Gasteiger partial charge >= 0.3 is 6.36 Å². The van der Waals surface area contributed by atoms with Crippen molar-refractivity contribution in [1.82, 2.24) is 30.1 Å². The van der Waals surface area contributed by atoms with Crippen molar-refractivity contribution in [1.29, 1.82) is 0 Å². The first kappa shape index (κ1) is 23.0. The normalized spacial score (nSPS) is 12.6. The molecule has 33 heavy (non-hydrogen) atoms. The van der Waals surface area contributed by atoms with Gasteiger partial charge < -0.3 is 9.64 Å². The molecule has 0 saturated heterocycles. The minimum Gasteiger partial charge on any atom is -0.406 e. The third-order valence-corrected chi connectivity index (χ3v) is 6.83. The van der Waals surface area contributed by atoms with E-state index in [-0.39, 0.29) is 23.5 Å². The number of rotatable bonds is 7. The number of amides is 1. The summed E-state index contributed by atoms with van der Waals surface area (Å²) < 4.78 is 43.3. The van der Waals surface area contributed by atoms with Gasteiger partial charge in [-0.2, -0.15) is 4.68 Å². The molecule has 0 aliphatic heterocycles. The molecule has 172 valence electrons. The van der Waals surface area contributed by atoms with Crippen LogP contribution in [0.15, 0.2) is 53.7 Å². The molecule has 4 rings (SSSR count). The summed E-state index contributed by atoms with van der Waals surface area (Å²) in [6, 6.07) is 12.7. The van der Waals surface area contributed by atoms with Crippen LogP contribution in [0.25, 0.3) is 15.9 Å². The summed E-state index contributed by atoms with van der Waals surface area (Å²) in [5, 5.41) is 12.5. The number of hydrogen-bond donors (Lipinski definition) is 0. The summed E-state index contributed by atoms with van der Waals surface area (Å²) in [7, 11) is 1.71. The van der Waals surface area contributed by atoms with Crippen LogP contribution in [-0.2, 0) is 4.79 Å². The van der Waals surface area contributed by atoms with Gasteiger partial charge in [0.25, 0.3) is 0 Å². The highest BCUT2D eigenvalue weighted by Gasteiger charge is 2.31. The Morgan fingerprint density at radius 2 is 1.94 bits per heavy atom. The minimum atomic E-state index is -4.77. The topological polar surface area (TPSA) is 86.0 Å². The van der Waals surface area contributed by atoms with Crippen molar-refractivity contribution in [2.45, 2.75) is 24.5 Å². The zero-order chi connectivity index (χ0) is 23.6. The number of carbonyl (C=O) groups is 1. The number of nitrogens with zero attached hydrogens (tertiary/aromatic N) is 6. The Kier molecular flexibility index (Phi) is 6.51. The van der Waals surface area contributed by atoms with Gasteiger partial charge in [0.15, 0.2) is 0 Å². The summed E-state index contributed by atoms with van der Waals surface area (Å²) in [5.41, 5.74) is 1.33. The second kappa shape index (κ2) is 9.35. The highest BCUT2D eigenvalue weighted by atomic mass is 32.2. The van der Waals surface area contributed by atoms with E-state index in [4.69, 9.17) is 0 Å². The summed E-state index contributed by atoms with van der Waals surface area (Å²) in [5.74, 6) is -0.425. The van der Waals surface area contributed by atoms with Gasteiger partial charge in [0.05, 0.1) is 27.7 Å². The lowest BCUT2D eigenvalue weighted by Gasteiger charge is -2.23. The van der Waals surface area contributed by atoms with E-state index in [9.17, 15) is 18.0 Å². The molecule has 1 amide bonds. The average Bonchev–Trinajstić information content (AvgIpc) is 3.42. The minimum absolute atomic E-state index is 0.0708. The van der Waals surface area contributed by atoms with Gasteiger partial charge in [-0.15, -0.1) is 29.6 Å². The molecule has 0 N–H and O–H groups in total. The van der Waals surface area contributed by atoms with Crippen LogP contribution < -0.4 is 4.74 Å². The number of hydrogen-bond acceptors (Lipinski definition) is 8. The second-order valence-electron chi connectivity index (χ2n) is 6.90. The molecular weight excluding hydrogens is 477 g/mol. The number of carbonyl (C=O) groups excluding carboxylic acids is 1. The van der Waals surface area contributed by atoms with Crippen molar-refractivity contribution >= 4 is 39.2 Å². The Labute approximate surface area is 194 Å². The zero-order valence-electron chi connectivity index (χ0n) is 17.4. The molecule has 0 aliphatic rings. The number of alkyl halides is 3. The van der Waals surface area contributed by atoms with Crippen LogP contribution in [0.5, 0.6) is 5.75 Å². The van der Waals surface area contributed by atoms with Crippen molar-refractivity contribution in [3.05, 3.63) is 53.5 Å². The molecule has 0 saturated carbocycles. The first-order valence-electron chi connectivity index (χ1n) is 9.60. The highest BCUT2D eigenvalue weighted by Crippen LogP contribution is 2.30. The van der Waals surface area contributed by atoms with Crippen LogP contribution in [0.1, 0.15) is 18.0 Å². The van der Waals surface area contributed by atoms with Crippen LogP contribution in [0.2, 0.25) is 0 Å². The van der Waals surface area contributed by atoms with Gasteiger partial charge in [-0.3, -0.25) is 4.79 Å². The maximum absolute atomic E-state index is 12.8. The molecule has 1 atom stereocenters.